The number of carbonyl (C=O) groups excluding carboxylic acids is 3. The van der Waals surface area contributed by atoms with Gasteiger partial charge in [0.1, 0.15) is 0 Å². The molecule has 0 aliphatic carbocycles. The second-order valence-corrected chi connectivity index (χ2v) is 12.1. The van der Waals surface area contributed by atoms with Gasteiger partial charge in [0.05, 0.1) is 11.2 Å². The summed E-state index contributed by atoms with van der Waals surface area (Å²) in [6.45, 7) is 3.82. The zero-order valence-corrected chi connectivity index (χ0v) is 24.9. The lowest BCUT2D eigenvalue weighted by Crippen LogP contribution is -2.49. The molecule has 4 aromatic rings. The number of rotatable bonds is 8. The molecule has 0 radical (unpaired) electrons. The minimum absolute atomic E-state index is 0.0523. The number of nitrogens with zero attached hydrogens (tertiary/aromatic N) is 1. The number of thioether (sulfide) groups is 1. The Balaban J connectivity index is 1.29. The van der Waals surface area contributed by atoms with Crippen LogP contribution in [0.25, 0.3) is 11.1 Å². The van der Waals surface area contributed by atoms with Gasteiger partial charge in [-0.3, -0.25) is 19.3 Å². The van der Waals surface area contributed by atoms with Crippen LogP contribution in [0.5, 0.6) is 0 Å². The molecule has 0 saturated heterocycles. The first-order chi connectivity index (χ1) is 20.7. The van der Waals surface area contributed by atoms with Gasteiger partial charge in [-0.1, -0.05) is 66.7 Å². The molecule has 0 aromatic heterocycles. The first kappa shape index (κ1) is 29.8. The van der Waals surface area contributed by atoms with E-state index >= 15 is 0 Å². The second kappa shape index (κ2) is 13.1. The molecule has 1 heterocycles. The van der Waals surface area contributed by atoms with Crippen LogP contribution in [-0.2, 0) is 4.79 Å². The minimum atomic E-state index is -0.937. The zero-order chi connectivity index (χ0) is 30.4. The van der Waals surface area contributed by atoms with Crippen molar-refractivity contribution >= 4 is 40.9 Å². The number of anilines is 2. The molecular weight excluding hydrogens is 556 g/mol. The molecule has 3 amide bonds. The minimum Gasteiger partial charge on any atom is -0.354 e. The van der Waals surface area contributed by atoms with E-state index in [0.717, 1.165) is 21.7 Å². The van der Waals surface area contributed by atoms with Crippen molar-refractivity contribution < 1.29 is 14.4 Å². The molecule has 0 bridgehead atoms. The first-order valence-corrected chi connectivity index (χ1v) is 15.0. The van der Waals surface area contributed by atoms with Gasteiger partial charge in [-0.2, -0.15) is 0 Å². The van der Waals surface area contributed by atoms with E-state index in [2.05, 4.69) is 10.6 Å². The lowest BCUT2D eigenvalue weighted by Gasteiger charge is -2.20. The molecule has 1 aliphatic rings. The Morgan fingerprint density at radius 3 is 2.28 bits per heavy atom. The predicted molar refractivity (Wildman–Crippen MR) is 174 cm³/mol. The van der Waals surface area contributed by atoms with Crippen molar-refractivity contribution in [2.24, 2.45) is 5.73 Å². The van der Waals surface area contributed by atoms with Crippen LogP contribution in [0.1, 0.15) is 41.0 Å². The standard InChI is InChI=1S/C35H34N4O3S/c1-35(2,36)34(42)37-22-20-27-21-23-39(30-14-8-9-15-31(30)43-27)33(41)25-16-18-26(19-17-25)38-32(40)29-13-7-6-12-28(29)24-10-4-3-5-11-24/h3-19,21,23,27H,20,22,36H2,1-2H3,(H,37,42)(H,38,40). The Kier molecular flexibility index (Phi) is 9.09. The molecule has 4 N–H and O–H groups in total. The summed E-state index contributed by atoms with van der Waals surface area (Å²) < 4.78 is 0. The number of fused-ring (bicyclic) bond motifs is 1. The molecule has 5 rings (SSSR count). The highest BCUT2D eigenvalue weighted by Gasteiger charge is 2.25. The summed E-state index contributed by atoms with van der Waals surface area (Å²) in [5.74, 6) is -0.611. The number of carbonyl (C=O) groups is 3. The van der Waals surface area contributed by atoms with Crippen LogP contribution >= 0.6 is 11.8 Å². The second-order valence-electron chi connectivity index (χ2n) is 10.9. The molecule has 1 atom stereocenters. The summed E-state index contributed by atoms with van der Waals surface area (Å²) in [5.41, 5.74) is 9.20. The van der Waals surface area contributed by atoms with Crippen molar-refractivity contribution in [3.05, 3.63) is 127 Å². The molecule has 8 heteroatoms. The van der Waals surface area contributed by atoms with E-state index in [1.54, 1.807) is 67.0 Å². The molecule has 4 aromatic carbocycles. The maximum atomic E-state index is 13.7. The monoisotopic (exact) mass is 590 g/mol. The smallest absolute Gasteiger partial charge is 0.262 e. The van der Waals surface area contributed by atoms with Crippen molar-refractivity contribution in [1.29, 1.82) is 0 Å². The highest BCUT2D eigenvalue weighted by atomic mass is 32.2. The first-order valence-electron chi connectivity index (χ1n) is 14.1. The van der Waals surface area contributed by atoms with Gasteiger partial charge in [0.2, 0.25) is 5.91 Å². The number of hydrogen-bond acceptors (Lipinski definition) is 5. The van der Waals surface area contributed by atoms with Gasteiger partial charge in [-0.25, -0.2) is 0 Å². The third-order valence-electron chi connectivity index (χ3n) is 7.02. The summed E-state index contributed by atoms with van der Waals surface area (Å²) in [6, 6.07) is 32.0. The fourth-order valence-electron chi connectivity index (χ4n) is 4.69. The van der Waals surface area contributed by atoms with Crippen LogP contribution in [0.4, 0.5) is 11.4 Å². The highest BCUT2D eigenvalue weighted by molar-refractivity contribution is 8.00. The van der Waals surface area contributed by atoms with Gasteiger partial charge in [0, 0.05) is 39.7 Å². The number of nitrogens with one attached hydrogen (secondary N) is 2. The molecule has 1 aliphatic heterocycles. The average molecular weight is 591 g/mol. The molecule has 0 fully saturated rings. The van der Waals surface area contributed by atoms with E-state index < -0.39 is 5.54 Å². The molecule has 218 valence electrons. The molecular formula is C35H34N4O3S. The lowest BCUT2D eigenvalue weighted by atomic mass is 9.99. The summed E-state index contributed by atoms with van der Waals surface area (Å²) in [6.07, 6.45) is 4.47. The molecule has 0 spiro atoms. The predicted octanol–water partition coefficient (Wildman–Crippen LogP) is 6.48. The van der Waals surface area contributed by atoms with Crippen LogP contribution in [0, 0.1) is 0 Å². The van der Waals surface area contributed by atoms with Crippen LogP contribution in [0.15, 0.2) is 120 Å². The quantitative estimate of drug-likeness (QED) is 0.218. The maximum Gasteiger partial charge on any atom is 0.262 e. The molecule has 43 heavy (non-hydrogen) atoms. The van der Waals surface area contributed by atoms with Crippen LogP contribution in [0.2, 0.25) is 0 Å². The Morgan fingerprint density at radius 1 is 0.860 bits per heavy atom. The van der Waals surface area contributed by atoms with Crippen molar-refractivity contribution in [2.75, 3.05) is 16.8 Å². The van der Waals surface area contributed by atoms with Gasteiger partial charge >= 0.3 is 0 Å². The van der Waals surface area contributed by atoms with Gasteiger partial charge in [0.25, 0.3) is 11.8 Å². The number of benzene rings is 4. The van der Waals surface area contributed by atoms with Crippen molar-refractivity contribution in [1.82, 2.24) is 5.32 Å². The summed E-state index contributed by atoms with van der Waals surface area (Å²) in [4.78, 5) is 41.7. The topological polar surface area (TPSA) is 105 Å². The van der Waals surface area contributed by atoms with E-state index in [9.17, 15) is 14.4 Å². The third-order valence-corrected chi connectivity index (χ3v) is 8.31. The zero-order valence-electron chi connectivity index (χ0n) is 24.1. The average Bonchev–Trinajstić information content (AvgIpc) is 3.20. The van der Waals surface area contributed by atoms with Crippen LogP contribution in [-0.4, -0.2) is 35.1 Å². The summed E-state index contributed by atoms with van der Waals surface area (Å²) >= 11 is 1.65. The van der Waals surface area contributed by atoms with E-state index in [0.29, 0.717) is 29.8 Å². The maximum absolute atomic E-state index is 13.7. The SMILES string of the molecule is CC(C)(N)C(=O)NCCC1C=CN(C(=O)c2ccc(NC(=O)c3ccccc3-c3ccccc3)cc2)c2ccccc2S1. The Morgan fingerprint density at radius 2 is 1.53 bits per heavy atom. The van der Waals surface area contributed by atoms with E-state index in [1.165, 1.54) is 0 Å². The number of hydrogen-bond donors (Lipinski definition) is 3. The Labute approximate surface area is 256 Å². The summed E-state index contributed by atoms with van der Waals surface area (Å²) in [5, 5.41) is 5.91. The van der Waals surface area contributed by atoms with Crippen LogP contribution in [0.3, 0.4) is 0 Å². The fourth-order valence-corrected chi connectivity index (χ4v) is 5.85. The van der Waals surface area contributed by atoms with Crippen molar-refractivity contribution in [3.8, 4) is 11.1 Å². The Bertz CT molecular complexity index is 1650. The van der Waals surface area contributed by atoms with Gasteiger partial charge in [0.15, 0.2) is 0 Å². The van der Waals surface area contributed by atoms with Gasteiger partial charge in [-0.05, 0) is 73.9 Å². The van der Waals surface area contributed by atoms with E-state index in [1.807, 2.05) is 78.9 Å². The lowest BCUT2D eigenvalue weighted by molar-refractivity contribution is -0.125. The number of amides is 3. The van der Waals surface area contributed by atoms with Crippen molar-refractivity contribution in [3.63, 3.8) is 0 Å². The third kappa shape index (κ3) is 7.23. The number of nitrogens with two attached hydrogens (primary N) is 1. The van der Waals surface area contributed by atoms with Crippen LogP contribution < -0.4 is 21.3 Å². The molecule has 7 nitrogen and oxygen atoms in total. The van der Waals surface area contributed by atoms with Gasteiger partial charge in [-0.15, -0.1) is 11.8 Å². The van der Waals surface area contributed by atoms with Gasteiger partial charge < -0.3 is 16.4 Å². The largest absolute Gasteiger partial charge is 0.354 e. The van der Waals surface area contributed by atoms with E-state index in [4.69, 9.17) is 5.73 Å². The summed E-state index contributed by atoms with van der Waals surface area (Å²) in [7, 11) is 0. The number of para-hydroxylation sites is 1. The molecule has 0 saturated carbocycles. The Hall–Kier alpha value is -4.66. The van der Waals surface area contributed by atoms with E-state index in [-0.39, 0.29) is 23.0 Å². The fraction of sp³-hybridized carbons (Fsp3) is 0.171. The normalized spacial score (nSPS) is 14.4. The van der Waals surface area contributed by atoms with Crippen molar-refractivity contribution in [2.45, 2.75) is 36.0 Å². The highest BCUT2D eigenvalue weighted by Crippen LogP contribution is 2.38. The molecule has 1 unspecified atom stereocenters.